The smallest absolute Gasteiger partial charge is 0.305 e. The van der Waals surface area contributed by atoms with Crippen molar-refractivity contribution in [2.24, 2.45) is 0 Å². The molecule has 0 spiro atoms. The number of carbonyl (C=O) groups excluding carboxylic acids is 2. The highest BCUT2D eigenvalue weighted by atomic mass is 16.5. The third-order valence-electron chi connectivity index (χ3n) is 13.6. The number of unbranched alkanes of at least 4 members (excludes halogenated alkanes) is 38. The number of rotatable bonds is 55. The van der Waals surface area contributed by atoms with Gasteiger partial charge < -0.3 is 20.3 Å². The third-order valence-corrected chi connectivity index (χ3v) is 13.6. The largest absolute Gasteiger partial charge is 0.466 e. The molecule has 6 nitrogen and oxygen atoms in total. The summed E-state index contributed by atoms with van der Waals surface area (Å²) < 4.78 is 5.46. The van der Waals surface area contributed by atoms with E-state index < -0.39 is 12.1 Å². The van der Waals surface area contributed by atoms with Gasteiger partial charge >= 0.3 is 5.97 Å². The van der Waals surface area contributed by atoms with Crippen LogP contribution < -0.4 is 5.32 Å². The van der Waals surface area contributed by atoms with Gasteiger partial charge in [-0.2, -0.15) is 0 Å². The topological polar surface area (TPSA) is 95.9 Å². The van der Waals surface area contributed by atoms with E-state index in [1.54, 1.807) is 6.08 Å². The first-order valence-corrected chi connectivity index (χ1v) is 29.9. The number of carbonyl (C=O) groups is 2. The van der Waals surface area contributed by atoms with Crippen molar-refractivity contribution >= 4 is 11.9 Å². The Bertz CT molecular complexity index is 1150. The van der Waals surface area contributed by atoms with Gasteiger partial charge in [-0.05, 0) is 96.3 Å². The van der Waals surface area contributed by atoms with Gasteiger partial charge in [-0.3, -0.25) is 9.59 Å². The SMILES string of the molecule is CCCCC/C=C\C/C=C\CCCCCCCCCC(=O)OCCCCC/C=C\CCCCCCCC(=O)NC(CO)C(O)/C=C/CCCCCCCCCCCCCCCCCCCCCC. The van der Waals surface area contributed by atoms with Crippen LogP contribution in [0, 0.1) is 0 Å². The summed E-state index contributed by atoms with van der Waals surface area (Å²) >= 11 is 0. The predicted molar refractivity (Wildman–Crippen MR) is 296 cm³/mol. The summed E-state index contributed by atoms with van der Waals surface area (Å²) in [4.78, 5) is 24.5. The lowest BCUT2D eigenvalue weighted by Crippen LogP contribution is -2.45. The number of hydrogen-bond donors (Lipinski definition) is 3. The second kappa shape index (κ2) is 57.4. The molecule has 0 aromatic heterocycles. The fraction of sp³-hybridized carbons (Fsp3) is 0.839. The van der Waals surface area contributed by atoms with Crippen LogP contribution >= 0.6 is 0 Å². The zero-order valence-electron chi connectivity index (χ0n) is 45.3. The van der Waals surface area contributed by atoms with Crippen molar-refractivity contribution in [3.05, 3.63) is 48.6 Å². The summed E-state index contributed by atoms with van der Waals surface area (Å²) in [6, 6.07) is -0.649. The maximum Gasteiger partial charge on any atom is 0.305 e. The lowest BCUT2D eigenvalue weighted by Gasteiger charge is -2.20. The first kappa shape index (κ1) is 65.8. The molecule has 2 unspecified atom stereocenters. The minimum atomic E-state index is -0.863. The highest BCUT2D eigenvalue weighted by molar-refractivity contribution is 5.76. The average molecular weight is 955 g/mol. The van der Waals surface area contributed by atoms with Gasteiger partial charge in [0.25, 0.3) is 0 Å². The number of aliphatic hydroxyl groups is 2. The van der Waals surface area contributed by atoms with Crippen LogP contribution in [0.3, 0.4) is 0 Å². The molecule has 6 heteroatoms. The zero-order chi connectivity index (χ0) is 49.3. The first-order chi connectivity index (χ1) is 33.5. The molecule has 0 saturated heterocycles. The number of ether oxygens (including phenoxy) is 1. The summed E-state index contributed by atoms with van der Waals surface area (Å²) in [6.45, 7) is 4.83. The van der Waals surface area contributed by atoms with Crippen molar-refractivity contribution in [1.29, 1.82) is 0 Å². The molecule has 0 heterocycles. The summed E-state index contributed by atoms with van der Waals surface area (Å²) in [6.07, 6.45) is 72.8. The van der Waals surface area contributed by atoms with Crippen LogP contribution in [0.1, 0.15) is 309 Å². The Kier molecular flexibility index (Phi) is 55.6. The lowest BCUT2D eigenvalue weighted by molar-refractivity contribution is -0.143. The van der Waals surface area contributed by atoms with Crippen molar-refractivity contribution in [3.63, 3.8) is 0 Å². The molecular weight excluding hydrogens is 839 g/mol. The van der Waals surface area contributed by atoms with Crippen molar-refractivity contribution in [1.82, 2.24) is 5.32 Å². The van der Waals surface area contributed by atoms with E-state index in [1.165, 1.54) is 193 Å². The second-order valence-electron chi connectivity index (χ2n) is 20.3. The highest BCUT2D eigenvalue weighted by Gasteiger charge is 2.18. The number of amides is 1. The Morgan fingerprint density at radius 3 is 1.16 bits per heavy atom. The molecule has 0 aliphatic carbocycles. The first-order valence-electron chi connectivity index (χ1n) is 29.9. The van der Waals surface area contributed by atoms with Crippen molar-refractivity contribution in [3.8, 4) is 0 Å². The molecule has 398 valence electrons. The molecule has 2 atom stereocenters. The van der Waals surface area contributed by atoms with E-state index in [1.807, 2.05) is 6.08 Å². The Balaban J connectivity index is 3.53. The van der Waals surface area contributed by atoms with Crippen LogP contribution in [0.5, 0.6) is 0 Å². The fourth-order valence-corrected chi connectivity index (χ4v) is 8.95. The van der Waals surface area contributed by atoms with Gasteiger partial charge in [0.05, 0.1) is 25.4 Å². The molecule has 0 aliphatic heterocycles. The van der Waals surface area contributed by atoms with Gasteiger partial charge in [0.15, 0.2) is 0 Å². The van der Waals surface area contributed by atoms with E-state index in [9.17, 15) is 19.8 Å². The number of hydrogen-bond acceptors (Lipinski definition) is 5. The van der Waals surface area contributed by atoms with Gasteiger partial charge in [-0.1, -0.05) is 249 Å². The van der Waals surface area contributed by atoms with Gasteiger partial charge in [0.2, 0.25) is 5.91 Å². The van der Waals surface area contributed by atoms with Gasteiger partial charge in [-0.15, -0.1) is 0 Å². The molecule has 0 bridgehead atoms. The number of aliphatic hydroxyl groups excluding tert-OH is 2. The molecule has 3 N–H and O–H groups in total. The molecule has 0 radical (unpaired) electrons. The van der Waals surface area contributed by atoms with Crippen LogP contribution in [-0.4, -0.2) is 47.4 Å². The lowest BCUT2D eigenvalue weighted by atomic mass is 10.0. The molecule has 1 amide bonds. The third kappa shape index (κ3) is 53.2. The average Bonchev–Trinajstić information content (AvgIpc) is 3.34. The van der Waals surface area contributed by atoms with Crippen LogP contribution in [0.25, 0.3) is 0 Å². The summed E-state index contributed by atoms with van der Waals surface area (Å²) in [5.41, 5.74) is 0. The minimum Gasteiger partial charge on any atom is -0.466 e. The van der Waals surface area contributed by atoms with Crippen LogP contribution in [0.2, 0.25) is 0 Å². The number of allylic oxidation sites excluding steroid dienone is 7. The van der Waals surface area contributed by atoms with E-state index in [0.717, 1.165) is 89.9 Å². The number of esters is 1. The van der Waals surface area contributed by atoms with E-state index in [2.05, 4.69) is 55.6 Å². The molecule has 0 aromatic rings. The van der Waals surface area contributed by atoms with Gasteiger partial charge in [0.1, 0.15) is 0 Å². The van der Waals surface area contributed by atoms with Crippen molar-refractivity contribution < 1.29 is 24.5 Å². The normalized spacial score (nSPS) is 12.9. The predicted octanol–water partition coefficient (Wildman–Crippen LogP) is 18.6. The minimum absolute atomic E-state index is 0.0321. The quantitative estimate of drug-likeness (QED) is 0.0321. The van der Waals surface area contributed by atoms with E-state index in [-0.39, 0.29) is 18.5 Å². The Hall–Kier alpha value is -2.18. The van der Waals surface area contributed by atoms with Gasteiger partial charge in [0, 0.05) is 12.8 Å². The summed E-state index contributed by atoms with van der Waals surface area (Å²) in [5.74, 6) is -0.125. The molecule has 0 fully saturated rings. The summed E-state index contributed by atoms with van der Waals surface area (Å²) in [7, 11) is 0. The van der Waals surface area contributed by atoms with E-state index in [4.69, 9.17) is 4.74 Å². The molecule has 0 rings (SSSR count). The van der Waals surface area contributed by atoms with E-state index in [0.29, 0.717) is 19.4 Å². The standard InChI is InChI=1S/C62H115NO5/c1-3-5-7-9-11-13-15-17-19-21-22-23-24-25-27-28-30-34-38-42-46-50-54-60(65)59(58-64)63-61(66)55-51-47-43-39-35-32-33-37-41-45-49-53-57-68-62(67)56-52-48-44-40-36-31-29-26-20-18-16-14-12-10-8-6-4-2/h12,14,18,20,33,37,50,54,59-60,64-65H,3-11,13,15-17,19,21-32,34-36,38-49,51-53,55-58H2,1-2H3,(H,63,66)/b14-12-,20-18-,37-33-,54-50+. The maximum atomic E-state index is 12.5. The molecule has 68 heavy (non-hydrogen) atoms. The van der Waals surface area contributed by atoms with E-state index >= 15 is 0 Å². The Labute approximate surface area is 423 Å². The molecule has 0 aromatic carbocycles. The fourth-order valence-electron chi connectivity index (χ4n) is 8.95. The Morgan fingerprint density at radius 2 is 0.735 bits per heavy atom. The molecule has 0 saturated carbocycles. The summed E-state index contributed by atoms with van der Waals surface area (Å²) in [5, 5.41) is 23.2. The second-order valence-corrected chi connectivity index (χ2v) is 20.3. The number of nitrogens with one attached hydrogen (secondary N) is 1. The molecule has 0 aliphatic rings. The maximum absolute atomic E-state index is 12.5. The van der Waals surface area contributed by atoms with Crippen molar-refractivity contribution in [2.75, 3.05) is 13.2 Å². The van der Waals surface area contributed by atoms with Crippen LogP contribution in [0.4, 0.5) is 0 Å². The van der Waals surface area contributed by atoms with Gasteiger partial charge in [-0.25, -0.2) is 0 Å². The highest BCUT2D eigenvalue weighted by Crippen LogP contribution is 2.16. The molecular formula is C62H115NO5. The Morgan fingerprint density at radius 1 is 0.412 bits per heavy atom. The van der Waals surface area contributed by atoms with Crippen LogP contribution in [0.15, 0.2) is 48.6 Å². The zero-order valence-corrected chi connectivity index (χ0v) is 45.3. The van der Waals surface area contributed by atoms with Crippen molar-refractivity contribution in [2.45, 2.75) is 321 Å². The monoisotopic (exact) mass is 954 g/mol. The van der Waals surface area contributed by atoms with Crippen LogP contribution in [-0.2, 0) is 14.3 Å².